The summed E-state index contributed by atoms with van der Waals surface area (Å²) in [6.07, 6.45) is 1.78. The Morgan fingerprint density at radius 2 is 2.25 bits per heavy atom. The van der Waals surface area contributed by atoms with Crippen molar-refractivity contribution in [2.24, 2.45) is 0 Å². The predicted octanol–water partition coefficient (Wildman–Crippen LogP) is 0.304. The second-order valence-electron chi connectivity index (χ2n) is 2.65. The Labute approximate surface area is 89.5 Å². The molecule has 1 N–H and O–H groups in total. The minimum absolute atomic E-state index is 0.0735. The number of nitrogens with one attached hydrogen (secondary N) is 1. The molecule has 0 saturated carbocycles. The third kappa shape index (κ3) is 4.07. The maximum atomic E-state index is 11.1. The van der Waals surface area contributed by atoms with Gasteiger partial charge in [0.2, 0.25) is 0 Å². The van der Waals surface area contributed by atoms with Gasteiger partial charge in [-0.2, -0.15) is 0 Å². The van der Waals surface area contributed by atoms with E-state index in [0.29, 0.717) is 0 Å². The van der Waals surface area contributed by atoms with Crippen LogP contribution in [0.5, 0.6) is 0 Å². The SMILES string of the molecule is CSO[C](=O)[Hg][N]1CCNCC1. The van der Waals surface area contributed by atoms with Crippen molar-refractivity contribution in [3.63, 3.8) is 0 Å². The summed E-state index contributed by atoms with van der Waals surface area (Å²) in [5.74, 6) is 0. The number of hydrogen-bond acceptors (Lipinski definition) is 5. The number of carbonyl (C=O) groups excluding carboxylic acids is 1. The summed E-state index contributed by atoms with van der Waals surface area (Å²) in [6, 6.07) is 0. The Hall–Kier alpha value is 0.675. The molecular weight excluding hydrogens is 365 g/mol. The van der Waals surface area contributed by atoms with Crippen molar-refractivity contribution < 1.29 is 33.9 Å². The summed E-state index contributed by atoms with van der Waals surface area (Å²) in [4.78, 5) is 11.1. The van der Waals surface area contributed by atoms with Gasteiger partial charge in [0.15, 0.2) is 0 Å². The fraction of sp³-hybridized carbons (Fsp3) is 0.833. The van der Waals surface area contributed by atoms with Gasteiger partial charge >= 0.3 is 89.8 Å². The first-order chi connectivity index (χ1) is 5.83. The molecule has 0 aromatic carbocycles. The Kier molecular flexibility index (Phi) is 5.54. The molecule has 12 heavy (non-hydrogen) atoms. The molecule has 0 aliphatic carbocycles. The Morgan fingerprint density at radius 1 is 1.58 bits per heavy atom. The van der Waals surface area contributed by atoms with Crippen LogP contribution in [0.3, 0.4) is 0 Å². The van der Waals surface area contributed by atoms with Gasteiger partial charge < -0.3 is 0 Å². The number of rotatable bonds is 3. The third-order valence-electron chi connectivity index (χ3n) is 1.74. The van der Waals surface area contributed by atoms with Gasteiger partial charge in [-0.05, 0) is 0 Å². The van der Waals surface area contributed by atoms with E-state index in [9.17, 15) is 4.79 Å². The number of hydrogen-bond donors (Lipinski definition) is 1. The average Bonchev–Trinajstić information content (AvgIpc) is 2.06. The van der Waals surface area contributed by atoms with E-state index in [1.165, 1.54) is 0 Å². The van der Waals surface area contributed by atoms with E-state index < -0.39 is 24.9 Å². The molecule has 1 fully saturated rings. The summed E-state index contributed by atoms with van der Waals surface area (Å²) >= 11 is -0.385. The molecule has 1 heterocycles. The average molecular weight is 377 g/mol. The van der Waals surface area contributed by atoms with Crippen molar-refractivity contribution in [2.75, 3.05) is 32.4 Å². The van der Waals surface area contributed by atoms with Crippen molar-refractivity contribution >= 4 is 15.5 Å². The molecule has 0 bridgehead atoms. The summed E-state index contributed by atoms with van der Waals surface area (Å²) in [5.41, 5.74) is 0. The summed E-state index contributed by atoms with van der Waals surface area (Å²) < 4.78 is 7.25. The van der Waals surface area contributed by atoms with Crippen LogP contribution < -0.4 is 5.32 Å². The maximum absolute atomic E-state index is 11.1. The first-order valence-electron chi connectivity index (χ1n) is 3.99. The quantitative estimate of drug-likeness (QED) is 0.567. The molecule has 0 amide bonds. The summed E-state index contributed by atoms with van der Waals surface area (Å²) in [6.45, 7) is 4.11. The van der Waals surface area contributed by atoms with Crippen LogP contribution in [0.25, 0.3) is 0 Å². The minimum atomic E-state index is -1.55. The van der Waals surface area contributed by atoms with Gasteiger partial charge in [-0.15, -0.1) is 0 Å². The van der Waals surface area contributed by atoms with Gasteiger partial charge in [-0.25, -0.2) is 0 Å². The topological polar surface area (TPSA) is 41.6 Å². The molecule has 1 saturated heterocycles. The van der Waals surface area contributed by atoms with Crippen LogP contribution in [-0.4, -0.2) is 38.6 Å². The first-order valence-corrected chi connectivity index (χ1v) is 10.3. The monoisotopic (exact) mass is 378 g/mol. The van der Waals surface area contributed by atoms with Crippen molar-refractivity contribution in [1.82, 2.24) is 7.98 Å². The van der Waals surface area contributed by atoms with Gasteiger partial charge in [-0.3, -0.25) is 0 Å². The molecule has 66 valence electrons. The van der Waals surface area contributed by atoms with Crippen LogP contribution in [0.4, 0.5) is 4.79 Å². The second kappa shape index (κ2) is 6.18. The van der Waals surface area contributed by atoms with Crippen LogP contribution in [0.2, 0.25) is 0 Å². The predicted molar refractivity (Wildman–Crippen MR) is 44.4 cm³/mol. The fourth-order valence-corrected chi connectivity index (χ4v) is 7.28. The van der Waals surface area contributed by atoms with Gasteiger partial charge in [-0.1, -0.05) is 0 Å². The molecule has 0 aromatic heterocycles. The standard InChI is InChI=1S/C4H9N2.C2H3O2S.Hg/c1-2-6-4-3-5-1;1-5-4-2-3;/h5H,1-4H2;1H3;/q-1;;+1. The van der Waals surface area contributed by atoms with Crippen molar-refractivity contribution in [1.29, 1.82) is 0 Å². The Morgan fingerprint density at radius 3 is 2.83 bits per heavy atom. The second-order valence-corrected chi connectivity index (χ2v) is 10.1. The van der Waals surface area contributed by atoms with Crippen molar-refractivity contribution in [2.45, 2.75) is 0 Å². The van der Waals surface area contributed by atoms with Gasteiger partial charge in [0, 0.05) is 0 Å². The van der Waals surface area contributed by atoms with E-state index in [2.05, 4.69) is 7.98 Å². The molecule has 0 unspecified atom stereocenters. The van der Waals surface area contributed by atoms with Crippen molar-refractivity contribution in [3.05, 3.63) is 0 Å². The van der Waals surface area contributed by atoms with E-state index in [1.54, 1.807) is 6.26 Å². The summed E-state index contributed by atoms with van der Waals surface area (Å²) in [5, 5.41) is 3.26. The number of carbonyl (C=O) groups is 1. The van der Waals surface area contributed by atoms with Gasteiger partial charge in [0.1, 0.15) is 0 Å². The van der Waals surface area contributed by atoms with Crippen LogP contribution in [0, 0.1) is 0 Å². The first kappa shape index (κ1) is 10.8. The van der Waals surface area contributed by atoms with E-state index >= 15 is 0 Å². The molecule has 1 rings (SSSR count). The molecule has 0 radical (unpaired) electrons. The van der Waals surface area contributed by atoms with Crippen LogP contribution in [0.15, 0.2) is 0 Å². The zero-order valence-electron chi connectivity index (χ0n) is 7.21. The summed E-state index contributed by atoms with van der Waals surface area (Å²) in [7, 11) is 0. The van der Waals surface area contributed by atoms with E-state index in [1.807, 2.05) is 0 Å². The van der Waals surface area contributed by atoms with E-state index in [4.69, 9.17) is 4.18 Å². The number of nitrogens with zero attached hydrogens (tertiary/aromatic N) is 1. The van der Waals surface area contributed by atoms with Gasteiger partial charge in [0.05, 0.1) is 0 Å². The van der Waals surface area contributed by atoms with Crippen LogP contribution in [0.1, 0.15) is 0 Å². The van der Waals surface area contributed by atoms with Crippen molar-refractivity contribution in [3.8, 4) is 0 Å². The molecule has 1 aliphatic heterocycles. The Bertz CT molecular complexity index is 152. The van der Waals surface area contributed by atoms with E-state index in [0.717, 1.165) is 38.2 Å². The molecule has 4 nitrogen and oxygen atoms in total. The Balaban J connectivity index is 2.15. The molecular formula is C6H12HgN2O2S. The molecule has 0 atom stereocenters. The normalized spacial score (nSPS) is 18.4. The third-order valence-corrected chi connectivity index (χ3v) is 8.67. The van der Waals surface area contributed by atoms with E-state index in [-0.39, 0.29) is 3.48 Å². The zero-order valence-corrected chi connectivity index (χ0v) is 13.5. The fourth-order valence-electron chi connectivity index (χ4n) is 1.17. The van der Waals surface area contributed by atoms with Gasteiger partial charge in [0.25, 0.3) is 0 Å². The van der Waals surface area contributed by atoms with Crippen LogP contribution >= 0.6 is 12.0 Å². The van der Waals surface area contributed by atoms with Crippen LogP contribution in [-0.2, 0) is 29.1 Å². The number of piperazine rings is 1. The zero-order chi connectivity index (χ0) is 8.81. The molecule has 0 aromatic rings. The molecule has 6 heteroatoms. The molecule has 1 aliphatic rings. The molecule has 0 spiro atoms.